The van der Waals surface area contributed by atoms with Crippen molar-refractivity contribution in [1.82, 2.24) is 10.2 Å². The largest absolute Gasteiger partial charge is 0.377 e. The van der Waals surface area contributed by atoms with Gasteiger partial charge in [-0.3, -0.25) is 4.90 Å². The molecule has 1 atom stereocenters. The lowest BCUT2D eigenvalue weighted by Crippen LogP contribution is -2.38. The van der Waals surface area contributed by atoms with Crippen LogP contribution in [0.1, 0.15) is 31.2 Å². The number of nitrogens with zero attached hydrogens (tertiary/aromatic N) is 1. The van der Waals surface area contributed by atoms with Crippen LogP contribution in [0.25, 0.3) is 0 Å². The third-order valence-corrected chi connectivity index (χ3v) is 4.89. The van der Waals surface area contributed by atoms with Crippen molar-refractivity contribution in [2.24, 2.45) is 5.92 Å². The molecular weight excluding hydrogens is 279 g/mol. The monoisotopic (exact) mass is 306 g/mol. The van der Waals surface area contributed by atoms with E-state index in [0.717, 1.165) is 50.8 Å². The van der Waals surface area contributed by atoms with Crippen LogP contribution in [0.15, 0.2) is 24.3 Å². The molecule has 122 valence electrons. The Kier molecular flexibility index (Phi) is 5.82. The molecule has 4 heteroatoms. The van der Waals surface area contributed by atoms with Gasteiger partial charge in [0.15, 0.2) is 0 Å². The van der Waals surface area contributed by atoms with Gasteiger partial charge in [-0.2, -0.15) is 0 Å². The predicted octanol–water partition coefficient (Wildman–Crippen LogP) is 2.81. The second-order valence-electron chi connectivity index (χ2n) is 6.60. The van der Waals surface area contributed by atoms with E-state index >= 15 is 0 Å². The van der Waals surface area contributed by atoms with E-state index in [1.54, 1.807) is 12.1 Å². The second kappa shape index (κ2) is 8.04. The summed E-state index contributed by atoms with van der Waals surface area (Å²) >= 11 is 0. The van der Waals surface area contributed by atoms with E-state index in [2.05, 4.69) is 10.2 Å². The van der Waals surface area contributed by atoms with Crippen molar-refractivity contribution in [1.29, 1.82) is 0 Å². The minimum Gasteiger partial charge on any atom is -0.377 e. The van der Waals surface area contributed by atoms with Crippen molar-refractivity contribution < 1.29 is 9.13 Å². The molecule has 2 fully saturated rings. The Morgan fingerprint density at radius 2 is 1.95 bits per heavy atom. The molecule has 2 heterocycles. The molecule has 0 radical (unpaired) electrons. The number of halogens is 1. The van der Waals surface area contributed by atoms with E-state index in [9.17, 15) is 4.39 Å². The van der Waals surface area contributed by atoms with Gasteiger partial charge in [-0.25, -0.2) is 4.39 Å². The lowest BCUT2D eigenvalue weighted by molar-refractivity contribution is 0.107. The van der Waals surface area contributed by atoms with Crippen molar-refractivity contribution in [3.63, 3.8) is 0 Å². The smallest absolute Gasteiger partial charge is 0.127 e. The van der Waals surface area contributed by atoms with Gasteiger partial charge in [-0.05, 0) is 57.3 Å². The molecule has 3 rings (SSSR count). The Bertz CT molecular complexity index is 454. The summed E-state index contributed by atoms with van der Waals surface area (Å²) in [6.45, 7) is 5.90. The van der Waals surface area contributed by atoms with Crippen LogP contribution in [0.3, 0.4) is 0 Å². The number of piperidine rings is 1. The van der Waals surface area contributed by atoms with Gasteiger partial charge >= 0.3 is 0 Å². The summed E-state index contributed by atoms with van der Waals surface area (Å²) in [6.07, 6.45) is 5.25. The van der Waals surface area contributed by atoms with Crippen LogP contribution in [-0.4, -0.2) is 43.8 Å². The first-order valence-electron chi connectivity index (χ1n) is 8.59. The maximum Gasteiger partial charge on any atom is 0.127 e. The van der Waals surface area contributed by atoms with E-state index in [-0.39, 0.29) is 5.82 Å². The molecule has 0 aromatic heterocycles. The second-order valence-corrected chi connectivity index (χ2v) is 6.60. The Hall–Kier alpha value is -0.970. The summed E-state index contributed by atoms with van der Waals surface area (Å²) in [7, 11) is 0. The van der Waals surface area contributed by atoms with Gasteiger partial charge in [-0.15, -0.1) is 0 Å². The van der Waals surface area contributed by atoms with E-state index in [4.69, 9.17) is 4.74 Å². The Morgan fingerprint density at radius 1 is 1.14 bits per heavy atom. The maximum atomic E-state index is 13.7. The first-order valence-corrected chi connectivity index (χ1v) is 8.59. The fraction of sp³-hybridized carbons (Fsp3) is 0.667. The van der Waals surface area contributed by atoms with Crippen molar-refractivity contribution >= 4 is 0 Å². The minimum atomic E-state index is -0.0807. The zero-order valence-corrected chi connectivity index (χ0v) is 13.3. The molecule has 3 nitrogen and oxygen atoms in total. The fourth-order valence-corrected chi connectivity index (χ4v) is 3.47. The van der Waals surface area contributed by atoms with E-state index in [1.165, 1.54) is 25.7 Å². The molecule has 22 heavy (non-hydrogen) atoms. The Labute approximate surface area is 132 Å². The lowest BCUT2D eigenvalue weighted by Gasteiger charge is -2.32. The van der Waals surface area contributed by atoms with Crippen LogP contribution >= 0.6 is 0 Å². The average molecular weight is 306 g/mol. The SMILES string of the molecule is Fc1ccccc1CN1CCC(CNC[C@@H]2CCCO2)CC1. The van der Waals surface area contributed by atoms with Crippen LogP contribution in [0.4, 0.5) is 4.39 Å². The minimum absolute atomic E-state index is 0.0807. The highest BCUT2D eigenvalue weighted by molar-refractivity contribution is 5.17. The maximum absolute atomic E-state index is 13.7. The van der Waals surface area contributed by atoms with Crippen molar-refractivity contribution in [3.05, 3.63) is 35.6 Å². The molecule has 0 saturated carbocycles. The lowest BCUT2D eigenvalue weighted by atomic mass is 9.96. The standard InChI is InChI=1S/C18H27FN2O/c19-18-6-2-1-4-16(18)14-21-9-7-15(8-10-21)12-20-13-17-5-3-11-22-17/h1-2,4,6,15,17,20H,3,5,7-14H2/t17-/m0/s1. The number of benzene rings is 1. The van der Waals surface area contributed by atoms with E-state index in [1.807, 2.05) is 12.1 Å². The molecule has 2 aliphatic rings. The zero-order chi connectivity index (χ0) is 15.2. The quantitative estimate of drug-likeness (QED) is 0.874. The van der Waals surface area contributed by atoms with Crippen molar-refractivity contribution in [3.8, 4) is 0 Å². The Morgan fingerprint density at radius 3 is 2.68 bits per heavy atom. The van der Waals surface area contributed by atoms with Crippen LogP contribution in [0.2, 0.25) is 0 Å². The van der Waals surface area contributed by atoms with Gasteiger partial charge in [0.2, 0.25) is 0 Å². The van der Waals surface area contributed by atoms with Gasteiger partial charge in [0.1, 0.15) is 5.82 Å². The molecule has 0 unspecified atom stereocenters. The average Bonchev–Trinajstić information content (AvgIpc) is 3.05. The number of ether oxygens (including phenoxy) is 1. The summed E-state index contributed by atoms with van der Waals surface area (Å²) in [5.41, 5.74) is 0.817. The summed E-state index contributed by atoms with van der Waals surface area (Å²) in [5, 5.41) is 3.57. The summed E-state index contributed by atoms with van der Waals surface area (Å²) in [6, 6.07) is 7.12. The highest BCUT2D eigenvalue weighted by atomic mass is 19.1. The molecule has 1 aromatic rings. The van der Waals surface area contributed by atoms with Gasteiger partial charge < -0.3 is 10.1 Å². The number of hydrogen-bond acceptors (Lipinski definition) is 3. The number of likely N-dealkylation sites (tertiary alicyclic amines) is 1. The van der Waals surface area contributed by atoms with Gasteiger partial charge in [0.25, 0.3) is 0 Å². The summed E-state index contributed by atoms with van der Waals surface area (Å²) in [5.74, 6) is 0.668. The highest BCUT2D eigenvalue weighted by Gasteiger charge is 2.21. The molecule has 2 saturated heterocycles. The van der Waals surface area contributed by atoms with Crippen LogP contribution in [0, 0.1) is 11.7 Å². The molecule has 0 bridgehead atoms. The third kappa shape index (κ3) is 4.51. The van der Waals surface area contributed by atoms with Gasteiger partial charge in [0, 0.05) is 25.3 Å². The van der Waals surface area contributed by atoms with Crippen molar-refractivity contribution in [2.45, 2.75) is 38.3 Å². The Balaban J connectivity index is 1.34. The zero-order valence-electron chi connectivity index (χ0n) is 13.3. The van der Waals surface area contributed by atoms with Crippen molar-refractivity contribution in [2.75, 3.05) is 32.8 Å². The highest BCUT2D eigenvalue weighted by Crippen LogP contribution is 2.19. The third-order valence-electron chi connectivity index (χ3n) is 4.89. The number of hydrogen-bond donors (Lipinski definition) is 1. The van der Waals surface area contributed by atoms with Crippen LogP contribution < -0.4 is 5.32 Å². The topological polar surface area (TPSA) is 24.5 Å². The predicted molar refractivity (Wildman–Crippen MR) is 86.2 cm³/mol. The first-order chi connectivity index (χ1) is 10.8. The molecule has 1 aromatic carbocycles. The number of rotatable bonds is 6. The normalized spacial score (nSPS) is 24.0. The fourth-order valence-electron chi connectivity index (χ4n) is 3.47. The van der Waals surface area contributed by atoms with Gasteiger partial charge in [-0.1, -0.05) is 18.2 Å². The van der Waals surface area contributed by atoms with E-state index in [0.29, 0.717) is 6.10 Å². The van der Waals surface area contributed by atoms with Crippen LogP contribution in [-0.2, 0) is 11.3 Å². The molecular formula is C18H27FN2O. The molecule has 0 spiro atoms. The molecule has 2 aliphatic heterocycles. The molecule has 0 amide bonds. The van der Waals surface area contributed by atoms with Crippen LogP contribution in [0.5, 0.6) is 0 Å². The molecule has 0 aliphatic carbocycles. The summed E-state index contributed by atoms with van der Waals surface area (Å²) in [4.78, 5) is 2.37. The number of nitrogens with one attached hydrogen (secondary N) is 1. The van der Waals surface area contributed by atoms with E-state index < -0.39 is 0 Å². The first kappa shape index (κ1) is 15.9. The molecule has 1 N–H and O–H groups in total. The summed E-state index contributed by atoms with van der Waals surface area (Å²) < 4.78 is 19.3. The van der Waals surface area contributed by atoms with Gasteiger partial charge in [0.05, 0.1) is 6.10 Å².